The Balaban J connectivity index is 1.83. The maximum atomic E-state index is 11.7. The molecule has 122 valence electrons. The van der Waals surface area contributed by atoms with Gasteiger partial charge in [0.05, 0.1) is 6.54 Å². The molecule has 0 radical (unpaired) electrons. The molecule has 0 atom stereocenters. The number of nitrogens with zero attached hydrogens (tertiary/aromatic N) is 1. The number of aryl methyl sites for hydroxylation is 1. The molecule has 0 bridgehead atoms. The molecule has 0 fully saturated rings. The van der Waals surface area contributed by atoms with E-state index in [1.54, 1.807) is 6.07 Å². The molecule has 5 heteroatoms. The Morgan fingerprint density at radius 1 is 1.17 bits per heavy atom. The first-order valence-corrected chi connectivity index (χ1v) is 7.88. The lowest BCUT2D eigenvalue weighted by Crippen LogP contribution is -2.28. The maximum absolute atomic E-state index is 11.7. The summed E-state index contributed by atoms with van der Waals surface area (Å²) in [6.45, 7) is 5.51. The average Bonchev–Trinajstić information content (AvgIpc) is 2.54. The summed E-state index contributed by atoms with van der Waals surface area (Å²) in [5.41, 5.74) is 1.88. The Morgan fingerprint density at radius 2 is 1.96 bits per heavy atom. The number of benzene rings is 2. The van der Waals surface area contributed by atoms with E-state index in [0.29, 0.717) is 17.3 Å². The molecule has 0 aromatic heterocycles. The Hall–Kier alpha value is -2.20. The van der Waals surface area contributed by atoms with Gasteiger partial charge in [-0.15, -0.1) is 0 Å². The summed E-state index contributed by atoms with van der Waals surface area (Å²) in [4.78, 5) is 13.8. The van der Waals surface area contributed by atoms with E-state index in [9.17, 15) is 4.79 Å². The van der Waals surface area contributed by atoms with Crippen LogP contribution in [-0.4, -0.2) is 25.9 Å². The van der Waals surface area contributed by atoms with Crippen molar-refractivity contribution in [3.05, 3.63) is 59.1 Å². The van der Waals surface area contributed by atoms with Crippen LogP contribution < -0.4 is 9.64 Å². The van der Waals surface area contributed by atoms with Crippen molar-refractivity contribution in [3.63, 3.8) is 0 Å². The molecule has 2 aromatic carbocycles. The minimum absolute atomic E-state index is 0.241. The molecule has 2 rings (SSSR count). The summed E-state index contributed by atoms with van der Waals surface area (Å²) in [7, 11) is 0. The second-order valence-corrected chi connectivity index (χ2v) is 5.46. The molecule has 23 heavy (non-hydrogen) atoms. The van der Waals surface area contributed by atoms with Crippen molar-refractivity contribution in [2.45, 2.75) is 13.8 Å². The minimum Gasteiger partial charge on any atom is -0.432 e. The average molecular weight is 334 g/mol. The number of anilines is 1. The van der Waals surface area contributed by atoms with Crippen molar-refractivity contribution in [1.29, 1.82) is 0 Å². The summed E-state index contributed by atoms with van der Waals surface area (Å²) >= 11 is 6.00. The van der Waals surface area contributed by atoms with Gasteiger partial charge in [-0.25, -0.2) is 4.79 Å². The fourth-order valence-corrected chi connectivity index (χ4v) is 2.36. The van der Waals surface area contributed by atoms with E-state index in [2.05, 4.69) is 4.90 Å². The third-order valence-electron chi connectivity index (χ3n) is 3.42. The first-order valence-electron chi connectivity index (χ1n) is 7.51. The monoisotopic (exact) mass is 333 g/mol. The van der Waals surface area contributed by atoms with Crippen LogP contribution in [-0.2, 0) is 4.74 Å². The molecule has 0 unspecified atom stereocenters. The molecule has 0 saturated heterocycles. The van der Waals surface area contributed by atoms with E-state index >= 15 is 0 Å². The quantitative estimate of drug-likeness (QED) is 0.568. The molecular weight excluding hydrogens is 314 g/mol. The van der Waals surface area contributed by atoms with Gasteiger partial charge >= 0.3 is 6.16 Å². The molecule has 0 amide bonds. The predicted molar refractivity (Wildman–Crippen MR) is 92.5 cm³/mol. The highest BCUT2D eigenvalue weighted by Crippen LogP contribution is 2.19. The van der Waals surface area contributed by atoms with Gasteiger partial charge in [-0.05, 0) is 43.7 Å². The second kappa shape index (κ2) is 8.44. The Bertz CT molecular complexity index is 660. The number of carbonyl (C=O) groups is 1. The highest BCUT2D eigenvalue weighted by molar-refractivity contribution is 6.30. The molecule has 0 aliphatic carbocycles. The van der Waals surface area contributed by atoms with E-state index < -0.39 is 6.16 Å². The van der Waals surface area contributed by atoms with Crippen molar-refractivity contribution >= 4 is 23.4 Å². The van der Waals surface area contributed by atoms with Crippen molar-refractivity contribution in [1.82, 2.24) is 0 Å². The largest absolute Gasteiger partial charge is 0.513 e. The molecule has 0 aliphatic rings. The molecule has 2 aromatic rings. The number of ether oxygens (including phenoxy) is 2. The highest BCUT2D eigenvalue weighted by Gasteiger charge is 2.10. The smallest absolute Gasteiger partial charge is 0.432 e. The van der Waals surface area contributed by atoms with E-state index in [1.807, 2.05) is 56.3 Å². The molecule has 0 heterocycles. The molecule has 0 aliphatic heterocycles. The van der Waals surface area contributed by atoms with Crippen LogP contribution in [0, 0.1) is 6.92 Å². The lowest BCUT2D eigenvalue weighted by molar-refractivity contribution is 0.101. The zero-order chi connectivity index (χ0) is 16.7. The Morgan fingerprint density at radius 3 is 2.65 bits per heavy atom. The number of hydrogen-bond donors (Lipinski definition) is 0. The Labute approximate surface area is 141 Å². The number of carbonyl (C=O) groups excluding carboxylic acids is 1. The van der Waals surface area contributed by atoms with Crippen molar-refractivity contribution in [2.75, 3.05) is 24.6 Å². The third-order valence-corrected chi connectivity index (χ3v) is 3.66. The van der Waals surface area contributed by atoms with Crippen LogP contribution in [0.5, 0.6) is 5.75 Å². The van der Waals surface area contributed by atoms with E-state index in [4.69, 9.17) is 21.1 Å². The van der Waals surface area contributed by atoms with Gasteiger partial charge in [0.2, 0.25) is 0 Å². The van der Waals surface area contributed by atoms with Gasteiger partial charge in [-0.1, -0.05) is 35.9 Å². The van der Waals surface area contributed by atoms with Crippen molar-refractivity contribution in [3.8, 4) is 5.75 Å². The predicted octanol–water partition coefficient (Wildman–Crippen LogP) is 4.69. The summed E-state index contributed by atoms with van der Waals surface area (Å²) in [5, 5.41) is 0.681. The van der Waals surface area contributed by atoms with Crippen LogP contribution in [0.2, 0.25) is 5.02 Å². The van der Waals surface area contributed by atoms with Gasteiger partial charge in [0.15, 0.2) is 0 Å². The maximum Gasteiger partial charge on any atom is 0.513 e. The Kier molecular flexibility index (Phi) is 6.29. The van der Waals surface area contributed by atoms with E-state index in [-0.39, 0.29) is 6.61 Å². The molecule has 4 nitrogen and oxygen atoms in total. The molecular formula is C18H20ClNO3. The highest BCUT2D eigenvalue weighted by atomic mass is 35.5. The molecule has 0 saturated carbocycles. The lowest BCUT2D eigenvalue weighted by atomic mass is 10.2. The van der Waals surface area contributed by atoms with E-state index in [1.165, 1.54) is 0 Å². The summed E-state index contributed by atoms with van der Waals surface area (Å²) < 4.78 is 10.3. The first-order chi connectivity index (χ1) is 11.1. The van der Waals surface area contributed by atoms with Gasteiger partial charge < -0.3 is 14.4 Å². The molecule has 0 N–H and O–H groups in total. The van der Waals surface area contributed by atoms with Crippen molar-refractivity contribution < 1.29 is 14.3 Å². The van der Waals surface area contributed by atoms with Crippen molar-refractivity contribution in [2.24, 2.45) is 0 Å². The van der Waals surface area contributed by atoms with Gasteiger partial charge in [0.1, 0.15) is 12.4 Å². The third kappa shape index (κ3) is 5.18. The summed E-state index contributed by atoms with van der Waals surface area (Å²) in [6.07, 6.45) is -0.693. The molecule has 0 spiro atoms. The number of hydrogen-bond acceptors (Lipinski definition) is 4. The zero-order valence-electron chi connectivity index (χ0n) is 13.3. The number of para-hydroxylation sites is 1. The topological polar surface area (TPSA) is 38.8 Å². The summed E-state index contributed by atoms with van der Waals surface area (Å²) in [6, 6.07) is 14.9. The zero-order valence-corrected chi connectivity index (χ0v) is 14.0. The van der Waals surface area contributed by atoms with Crippen LogP contribution in [0.3, 0.4) is 0 Å². The number of rotatable bonds is 6. The van der Waals surface area contributed by atoms with Crippen LogP contribution in [0.15, 0.2) is 48.5 Å². The van der Waals surface area contributed by atoms with Crippen LogP contribution >= 0.6 is 11.6 Å². The fourth-order valence-electron chi connectivity index (χ4n) is 2.17. The van der Waals surface area contributed by atoms with Crippen LogP contribution in [0.1, 0.15) is 12.5 Å². The van der Waals surface area contributed by atoms with Crippen LogP contribution in [0.25, 0.3) is 0 Å². The van der Waals surface area contributed by atoms with Gasteiger partial charge in [0.25, 0.3) is 0 Å². The second-order valence-electron chi connectivity index (χ2n) is 5.03. The number of likely N-dealkylation sites (N-methyl/N-ethyl adjacent to an activating group) is 1. The minimum atomic E-state index is -0.693. The standard InChI is InChI=1S/C18H20ClNO3/c1-3-20(16-9-6-8-15(19)13-16)11-12-22-18(21)23-17-10-5-4-7-14(17)2/h4-10,13H,3,11-12H2,1-2H3. The van der Waals surface area contributed by atoms with Gasteiger partial charge in [0, 0.05) is 17.3 Å². The van der Waals surface area contributed by atoms with E-state index in [0.717, 1.165) is 17.8 Å². The first kappa shape index (κ1) is 17.2. The SMILES string of the molecule is CCN(CCOC(=O)Oc1ccccc1C)c1cccc(Cl)c1. The lowest BCUT2D eigenvalue weighted by Gasteiger charge is -2.22. The van der Waals surface area contributed by atoms with Gasteiger partial charge in [-0.3, -0.25) is 0 Å². The fraction of sp³-hybridized carbons (Fsp3) is 0.278. The van der Waals surface area contributed by atoms with Gasteiger partial charge in [-0.2, -0.15) is 0 Å². The number of halogens is 1. The normalized spacial score (nSPS) is 10.2. The summed E-state index contributed by atoms with van der Waals surface area (Å²) in [5.74, 6) is 0.514. The van der Waals surface area contributed by atoms with Crippen LogP contribution in [0.4, 0.5) is 10.5 Å².